The predicted molar refractivity (Wildman–Crippen MR) is 81.7 cm³/mol. The minimum atomic E-state index is 0.259. The first-order chi connectivity index (χ1) is 10.2. The Morgan fingerprint density at radius 2 is 2.00 bits per heavy atom. The Bertz CT molecular complexity index is 502. The maximum atomic E-state index is 12.0. The van der Waals surface area contributed by atoms with E-state index in [2.05, 4.69) is 28.3 Å². The highest BCUT2D eigenvalue weighted by molar-refractivity contribution is 5.79. The molecule has 5 heteroatoms. The molecule has 2 saturated heterocycles. The van der Waals surface area contributed by atoms with Crippen molar-refractivity contribution in [2.75, 3.05) is 26.2 Å². The first kappa shape index (κ1) is 14.6. The van der Waals surface area contributed by atoms with Gasteiger partial charge in [-0.1, -0.05) is 0 Å². The first-order valence-electron chi connectivity index (χ1n) is 8.15. The molecule has 5 nitrogen and oxygen atoms in total. The quantitative estimate of drug-likeness (QED) is 0.848. The van der Waals surface area contributed by atoms with Crippen LogP contribution < -0.4 is 0 Å². The molecular weight excluding hydrogens is 264 g/mol. The van der Waals surface area contributed by atoms with Crippen molar-refractivity contribution in [1.29, 1.82) is 0 Å². The zero-order chi connectivity index (χ0) is 14.9. The number of imidazole rings is 1. The van der Waals surface area contributed by atoms with Crippen LogP contribution in [0.2, 0.25) is 0 Å². The fourth-order valence-electron chi connectivity index (χ4n) is 3.78. The minimum absolute atomic E-state index is 0.259. The van der Waals surface area contributed by atoms with E-state index in [9.17, 15) is 4.79 Å². The number of carbonyl (C=O) groups excluding carboxylic acids is 1. The van der Waals surface area contributed by atoms with Crippen molar-refractivity contribution >= 4 is 5.91 Å². The Kier molecular flexibility index (Phi) is 4.02. The molecule has 0 aliphatic carbocycles. The number of likely N-dealkylation sites (tertiary alicyclic amines) is 2. The summed E-state index contributed by atoms with van der Waals surface area (Å²) in [6.07, 6.45) is 6.95. The Hall–Kier alpha value is -1.36. The third-order valence-electron chi connectivity index (χ3n) is 5.23. The fraction of sp³-hybridized carbons (Fsp3) is 0.750. The standard InChI is InChI=1S/C16H26N4O/c1-3-19-12-16(9-15(19)21)5-7-18(8-6-16)11-14-10-17-13-20(14)4-2/h10,13H,3-9,11-12H2,1-2H3. The minimum Gasteiger partial charge on any atom is -0.342 e. The van der Waals surface area contributed by atoms with E-state index in [-0.39, 0.29) is 5.41 Å². The highest BCUT2D eigenvalue weighted by Gasteiger charge is 2.44. The predicted octanol–water partition coefficient (Wildman–Crippen LogP) is 1.74. The SMILES string of the molecule is CCN1CC2(CCN(Cc3cncn3CC)CC2)CC1=O. The lowest BCUT2D eigenvalue weighted by atomic mass is 9.77. The molecule has 1 spiro atoms. The van der Waals surface area contributed by atoms with E-state index in [0.29, 0.717) is 5.91 Å². The van der Waals surface area contributed by atoms with E-state index in [1.54, 1.807) is 0 Å². The maximum Gasteiger partial charge on any atom is 0.223 e. The van der Waals surface area contributed by atoms with Crippen LogP contribution in [-0.4, -0.2) is 51.4 Å². The Morgan fingerprint density at radius 1 is 1.24 bits per heavy atom. The number of aromatic nitrogens is 2. The molecule has 1 aromatic heterocycles. The van der Waals surface area contributed by atoms with Crippen molar-refractivity contribution in [3.8, 4) is 0 Å². The van der Waals surface area contributed by atoms with E-state index in [0.717, 1.165) is 58.5 Å². The number of aryl methyl sites for hydroxylation is 1. The van der Waals surface area contributed by atoms with Crippen LogP contribution in [0.15, 0.2) is 12.5 Å². The van der Waals surface area contributed by atoms with Gasteiger partial charge in [-0.2, -0.15) is 0 Å². The van der Waals surface area contributed by atoms with Crippen molar-refractivity contribution in [3.63, 3.8) is 0 Å². The van der Waals surface area contributed by atoms with Gasteiger partial charge in [-0.3, -0.25) is 9.69 Å². The molecule has 3 rings (SSSR count). The van der Waals surface area contributed by atoms with Gasteiger partial charge in [0.25, 0.3) is 0 Å². The van der Waals surface area contributed by atoms with Crippen LogP contribution in [0.1, 0.15) is 38.8 Å². The number of amides is 1. The van der Waals surface area contributed by atoms with Gasteiger partial charge in [0.15, 0.2) is 0 Å². The van der Waals surface area contributed by atoms with Crippen molar-refractivity contribution < 1.29 is 4.79 Å². The molecule has 116 valence electrons. The van der Waals surface area contributed by atoms with E-state index in [4.69, 9.17) is 0 Å². The van der Waals surface area contributed by atoms with Crippen LogP contribution in [0, 0.1) is 5.41 Å². The van der Waals surface area contributed by atoms with Crippen molar-refractivity contribution in [3.05, 3.63) is 18.2 Å². The Balaban J connectivity index is 1.57. The normalized spacial score (nSPS) is 22.4. The lowest BCUT2D eigenvalue weighted by Crippen LogP contribution is -2.41. The van der Waals surface area contributed by atoms with Gasteiger partial charge in [-0.05, 0) is 45.2 Å². The summed E-state index contributed by atoms with van der Waals surface area (Å²) >= 11 is 0. The number of hydrogen-bond donors (Lipinski definition) is 0. The summed E-state index contributed by atoms with van der Waals surface area (Å²) in [5.41, 5.74) is 1.56. The van der Waals surface area contributed by atoms with Crippen LogP contribution in [0.5, 0.6) is 0 Å². The number of carbonyl (C=O) groups is 1. The summed E-state index contributed by atoms with van der Waals surface area (Å²) in [7, 11) is 0. The lowest BCUT2D eigenvalue weighted by molar-refractivity contribution is -0.127. The van der Waals surface area contributed by atoms with Crippen LogP contribution in [-0.2, 0) is 17.9 Å². The van der Waals surface area contributed by atoms with E-state index in [1.165, 1.54) is 5.69 Å². The molecule has 2 aliphatic heterocycles. The van der Waals surface area contributed by atoms with Crippen LogP contribution in [0.4, 0.5) is 0 Å². The molecule has 2 aliphatic rings. The zero-order valence-electron chi connectivity index (χ0n) is 13.2. The highest BCUT2D eigenvalue weighted by atomic mass is 16.2. The van der Waals surface area contributed by atoms with Crippen molar-refractivity contribution in [2.45, 2.75) is 46.2 Å². The number of rotatable bonds is 4. The fourth-order valence-corrected chi connectivity index (χ4v) is 3.78. The maximum absolute atomic E-state index is 12.0. The average Bonchev–Trinajstić information content (AvgIpc) is 3.06. The summed E-state index contributed by atoms with van der Waals surface area (Å²) in [5, 5.41) is 0. The Morgan fingerprint density at radius 3 is 2.62 bits per heavy atom. The Labute approximate surface area is 126 Å². The van der Waals surface area contributed by atoms with Gasteiger partial charge < -0.3 is 9.47 Å². The summed E-state index contributed by atoms with van der Waals surface area (Å²) in [4.78, 5) is 20.8. The zero-order valence-corrected chi connectivity index (χ0v) is 13.2. The molecule has 1 amide bonds. The lowest BCUT2D eigenvalue weighted by Gasteiger charge is -2.38. The summed E-state index contributed by atoms with van der Waals surface area (Å²) in [5.74, 6) is 0.356. The molecule has 2 fully saturated rings. The second kappa shape index (κ2) is 5.79. The van der Waals surface area contributed by atoms with Crippen molar-refractivity contribution in [1.82, 2.24) is 19.4 Å². The van der Waals surface area contributed by atoms with Gasteiger partial charge in [0.1, 0.15) is 0 Å². The van der Waals surface area contributed by atoms with Crippen molar-refractivity contribution in [2.24, 2.45) is 5.41 Å². The summed E-state index contributed by atoms with van der Waals surface area (Å²) < 4.78 is 2.21. The number of piperidine rings is 1. The molecule has 0 N–H and O–H groups in total. The van der Waals surface area contributed by atoms with Crippen LogP contribution in [0.25, 0.3) is 0 Å². The second-order valence-corrected chi connectivity index (χ2v) is 6.53. The van der Waals surface area contributed by atoms with Crippen LogP contribution >= 0.6 is 0 Å². The molecule has 0 radical (unpaired) electrons. The van der Waals surface area contributed by atoms with E-state index >= 15 is 0 Å². The van der Waals surface area contributed by atoms with Gasteiger partial charge in [-0.15, -0.1) is 0 Å². The number of nitrogens with zero attached hydrogens (tertiary/aromatic N) is 4. The second-order valence-electron chi connectivity index (χ2n) is 6.53. The molecule has 1 aromatic rings. The molecule has 0 atom stereocenters. The molecule has 0 saturated carbocycles. The highest BCUT2D eigenvalue weighted by Crippen LogP contribution is 2.41. The summed E-state index contributed by atoms with van der Waals surface area (Å²) in [6, 6.07) is 0. The largest absolute Gasteiger partial charge is 0.342 e. The van der Waals surface area contributed by atoms with Gasteiger partial charge in [0.05, 0.1) is 12.0 Å². The van der Waals surface area contributed by atoms with Crippen LogP contribution in [0.3, 0.4) is 0 Å². The summed E-state index contributed by atoms with van der Waals surface area (Å²) in [6.45, 7) is 10.2. The topological polar surface area (TPSA) is 41.4 Å². The van der Waals surface area contributed by atoms with Gasteiger partial charge in [0, 0.05) is 38.8 Å². The molecule has 0 unspecified atom stereocenters. The average molecular weight is 290 g/mol. The molecule has 3 heterocycles. The molecule has 0 aromatic carbocycles. The van der Waals surface area contributed by atoms with Gasteiger partial charge in [-0.25, -0.2) is 4.98 Å². The molecule has 21 heavy (non-hydrogen) atoms. The smallest absolute Gasteiger partial charge is 0.223 e. The third kappa shape index (κ3) is 2.84. The first-order valence-corrected chi connectivity index (χ1v) is 8.15. The number of hydrogen-bond acceptors (Lipinski definition) is 3. The van der Waals surface area contributed by atoms with E-state index < -0.39 is 0 Å². The monoisotopic (exact) mass is 290 g/mol. The van der Waals surface area contributed by atoms with Gasteiger partial charge >= 0.3 is 0 Å². The molecule has 0 bridgehead atoms. The third-order valence-corrected chi connectivity index (χ3v) is 5.23. The van der Waals surface area contributed by atoms with Gasteiger partial charge in [0.2, 0.25) is 5.91 Å². The van der Waals surface area contributed by atoms with E-state index in [1.807, 2.05) is 17.4 Å². The molecular formula is C16H26N4O.